The van der Waals surface area contributed by atoms with Crippen molar-refractivity contribution in [3.05, 3.63) is 96.1 Å². The van der Waals surface area contributed by atoms with Crippen LogP contribution in [0.2, 0.25) is 0 Å². The minimum absolute atomic E-state index is 0.236. The summed E-state index contributed by atoms with van der Waals surface area (Å²) in [7, 11) is 0. The lowest BCUT2D eigenvalue weighted by Crippen LogP contribution is -2.21. The van der Waals surface area contributed by atoms with Gasteiger partial charge in [0.1, 0.15) is 0 Å². The van der Waals surface area contributed by atoms with Crippen molar-refractivity contribution in [1.82, 2.24) is 5.32 Å². The number of rotatable bonds is 4. The van der Waals surface area contributed by atoms with Crippen molar-refractivity contribution in [3.8, 4) is 0 Å². The molecule has 0 saturated heterocycles. The molecule has 0 unspecified atom stereocenters. The van der Waals surface area contributed by atoms with Crippen LogP contribution in [0.25, 0.3) is 21.5 Å². The van der Waals surface area contributed by atoms with E-state index in [1.807, 2.05) is 42.8 Å². The number of carbonyl (C=O) groups excluding carboxylic acids is 1. The molecule has 0 aromatic heterocycles. The summed E-state index contributed by atoms with van der Waals surface area (Å²) in [6, 6.07) is 28.6. The molecule has 0 heterocycles. The van der Waals surface area contributed by atoms with Gasteiger partial charge in [-0.3, -0.25) is 4.79 Å². The summed E-state index contributed by atoms with van der Waals surface area (Å²) in [5.41, 5.74) is 2.15. The lowest BCUT2D eigenvalue weighted by Gasteiger charge is -2.20. The quantitative estimate of drug-likeness (QED) is 0.542. The lowest BCUT2D eigenvalue weighted by atomic mass is 9.91. The molecule has 0 bridgehead atoms. The van der Waals surface area contributed by atoms with Gasteiger partial charge in [-0.2, -0.15) is 0 Å². The van der Waals surface area contributed by atoms with Gasteiger partial charge >= 0.3 is 6.41 Å². The third-order valence-corrected chi connectivity index (χ3v) is 4.47. The summed E-state index contributed by atoms with van der Waals surface area (Å²) in [4.78, 5) is 11.2. The first-order chi connectivity index (χ1) is 11.9. The first-order valence-corrected chi connectivity index (χ1v) is 7.96. The Labute approximate surface area is 140 Å². The van der Waals surface area contributed by atoms with Crippen molar-refractivity contribution in [2.45, 2.75) is 6.04 Å². The summed E-state index contributed by atoms with van der Waals surface area (Å²) in [6.07, 6.45) is 1.89. The third-order valence-electron chi connectivity index (χ3n) is 4.47. The number of benzene rings is 4. The predicted molar refractivity (Wildman–Crippen MR) is 98.6 cm³/mol. The monoisotopic (exact) mass is 310 g/mol. The minimum Gasteiger partial charge on any atom is -0.337 e. The molecule has 0 aliphatic rings. The average Bonchev–Trinajstić information content (AvgIpc) is 2.65. The summed E-state index contributed by atoms with van der Waals surface area (Å²) in [5.74, 6) is 0. The molecule has 4 aromatic carbocycles. The molecule has 0 spiro atoms. The van der Waals surface area contributed by atoms with E-state index in [0.717, 1.165) is 32.7 Å². The molecular weight excluding hydrogens is 294 g/mol. The number of hydrogen-bond acceptors (Lipinski definition) is 1. The van der Waals surface area contributed by atoms with Gasteiger partial charge in [0, 0.05) is 0 Å². The fourth-order valence-corrected chi connectivity index (χ4v) is 3.39. The zero-order valence-electron chi connectivity index (χ0n) is 13.1. The fourth-order valence-electron chi connectivity index (χ4n) is 3.39. The number of fused-ring (bicyclic) bond motifs is 2. The van der Waals surface area contributed by atoms with Crippen LogP contribution in [0, 0.1) is 0 Å². The zero-order valence-corrected chi connectivity index (χ0v) is 13.1. The highest BCUT2D eigenvalue weighted by molar-refractivity contribution is 5.90. The Kier molecular flexibility index (Phi) is 3.72. The Morgan fingerprint density at radius 2 is 1.08 bits per heavy atom. The maximum absolute atomic E-state index is 11.2. The van der Waals surface area contributed by atoms with Crippen LogP contribution in [-0.4, -0.2) is 6.41 Å². The first kappa shape index (κ1) is 14.5. The first-order valence-electron chi connectivity index (χ1n) is 7.96. The Balaban J connectivity index is 1.98. The molecule has 1 radical (unpaired) electrons. The van der Waals surface area contributed by atoms with Crippen molar-refractivity contribution in [3.63, 3.8) is 0 Å². The molecule has 0 fully saturated rings. The second-order valence-corrected chi connectivity index (χ2v) is 5.82. The van der Waals surface area contributed by atoms with E-state index in [1.165, 1.54) is 0 Å². The second kappa shape index (κ2) is 6.17. The van der Waals surface area contributed by atoms with Crippen LogP contribution in [0.1, 0.15) is 17.2 Å². The third kappa shape index (κ3) is 2.42. The average molecular weight is 310 g/mol. The van der Waals surface area contributed by atoms with Crippen molar-refractivity contribution in [2.24, 2.45) is 0 Å². The molecule has 0 atom stereocenters. The molecule has 4 aromatic rings. The van der Waals surface area contributed by atoms with Crippen LogP contribution >= 0.6 is 0 Å². The standard InChI is InChI=1S/C22H16NO/c24-15-23-22(20-13-5-9-16-7-1-3-11-18(16)20)21-14-6-10-17-8-2-4-12-19(17)21/h1-14,22H,(H,23,24). The van der Waals surface area contributed by atoms with Crippen LogP contribution in [0.3, 0.4) is 0 Å². The summed E-state index contributed by atoms with van der Waals surface area (Å²) in [5, 5.41) is 7.49. The molecule has 4 rings (SSSR count). The van der Waals surface area contributed by atoms with Gasteiger partial charge in [0.15, 0.2) is 0 Å². The molecular formula is C22H16NO. The van der Waals surface area contributed by atoms with Crippen molar-refractivity contribution in [1.29, 1.82) is 0 Å². The highest BCUT2D eigenvalue weighted by atomic mass is 16.1. The van der Waals surface area contributed by atoms with Gasteiger partial charge in [0.05, 0.1) is 6.04 Å². The van der Waals surface area contributed by atoms with Crippen LogP contribution in [0.5, 0.6) is 0 Å². The van der Waals surface area contributed by atoms with Gasteiger partial charge in [0.25, 0.3) is 0 Å². The topological polar surface area (TPSA) is 29.1 Å². The predicted octanol–water partition coefficient (Wildman–Crippen LogP) is 4.74. The van der Waals surface area contributed by atoms with Gasteiger partial charge < -0.3 is 5.32 Å². The number of amides is 1. The Morgan fingerprint density at radius 1 is 0.625 bits per heavy atom. The molecule has 0 aliphatic heterocycles. The second-order valence-electron chi connectivity index (χ2n) is 5.82. The van der Waals surface area contributed by atoms with E-state index in [1.54, 1.807) is 0 Å². The fraction of sp³-hybridized carbons (Fsp3) is 0.0455. The minimum atomic E-state index is -0.236. The maximum atomic E-state index is 11.2. The number of hydrogen-bond donors (Lipinski definition) is 1. The molecule has 2 heteroatoms. The van der Waals surface area contributed by atoms with Crippen LogP contribution in [0.4, 0.5) is 0 Å². The number of nitrogens with one attached hydrogen (secondary N) is 1. The van der Waals surface area contributed by atoms with Gasteiger partial charge in [-0.25, -0.2) is 0 Å². The SMILES string of the molecule is O=[C]NC(c1cccc2ccccc12)c1cccc2ccccc12. The normalized spacial score (nSPS) is 11.0. The molecule has 115 valence electrons. The van der Waals surface area contributed by atoms with E-state index in [2.05, 4.69) is 53.8 Å². The molecule has 1 amide bonds. The van der Waals surface area contributed by atoms with Gasteiger partial charge in [-0.15, -0.1) is 0 Å². The van der Waals surface area contributed by atoms with Gasteiger partial charge in [0.2, 0.25) is 0 Å². The van der Waals surface area contributed by atoms with E-state index in [-0.39, 0.29) is 6.04 Å². The van der Waals surface area contributed by atoms with Crippen molar-refractivity contribution in [2.75, 3.05) is 0 Å². The van der Waals surface area contributed by atoms with Crippen molar-refractivity contribution < 1.29 is 4.79 Å². The summed E-state index contributed by atoms with van der Waals surface area (Å²) in [6.45, 7) is 0. The summed E-state index contributed by atoms with van der Waals surface area (Å²) >= 11 is 0. The Morgan fingerprint density at radius 3 is 1.58 bits per heavy atom. The summed E-state index contributed by atoms with van der Waals surface area (Å²) < 4.78 is 0. The van der Waals surface area contributed by atoms with Crippen LogP contribution < -0.4 is 5.32 Å². The Bertz CT molecular complexity index is 932. The van der Waals surface area contributed by atoms with E-state index in [0.29, 0.717) is 0 Å². The molecule has 1 N–H and O–H groups in total. The van der Waals surface area contributed by atoms with E-state index in [4.69, 9.17) is 0 Å². The molecule has 2 nitrogen and oxygen atoms in total. The van der Waals surface area contributed by atoms with E-state index < -0.39 is 0 Å². The van der Waals surface area contributed by atoms with Crippen molar-refractivity contribution >= 4 is 28.0 Å². The zero-order chi connectivity index (χ0) is 16.4. The lowest BCUT2D eigenvalue weighted by molar-refractivity contribution is 0.535. The molecule has 24 heavy (non-hydrogen) atoms. The van der Waals surface area contributed by atoms with Gasteiger partial charge in [-0.1, -0.05) is 84.9 Å². The van der Waals surface area contributed by atoms with Crippen LogP contribution in [0.15, 0.2) is 84.9 Å². The van der Waals surface area contributed by atoms with E-state index >= 15 is 0 Å². The highest BCUT2D eigenvalue weighted by Gasteiger charge is 2.18. The van der Waals surface area contributed by atoms with E-state index in [9.17, 15) is 4.79 Å². The molecule has 0 saturated carbocycles. The molecule has 0 aliphatic carbocycles. The van der Waals surface area contributed by atoms with Crippen LogP contribution in [-0.2, 0) is 4.79 Å². The maximum Gasteiger partial charge on any atom is 0.310 e. The van der Waals surface area contributed by atoms with Gasteiger partial charge in [-0.05, 0) is 32.7 Å². The highest BCUT2D eigenvalue weighted by Crippen LogP contribution is 2.32. The smallest absolute Gasteiger partial charge is 0.310 e. The Hall–Kier alpha value is -3.13. The largest absolute Gasteiger partial charge is 0.337 e.